The van der Waals surface area contributed by atoms with E-state index in [1.165, 1.54) is 23.3 Å². The molecule has 1 unspecified atom stereocenters. The van der Waals surface area contributed by atoms with Gasteiger partial charge in [0.25, 0.3) is 0 Å². The summed E-state index contributed by atoms with van der Waals surface area (Å²) in [4.78, 5) is 11.5. The van der Waals surface area contributed by atoms with Crippen molar-refractivity contribution < 1.29 is 0 Å². The molecule has 1 aliphatic rings. The monoisotopic (exact) mass is 431 g/mol. The highest BCUT2D eigenvalue weighted by molar-refractivity contribution is 7.10. The molecule has 1 N–H and O–H groups in total. The van der Waals surface area contributed by atoms with Crippen LogP contribution in [0, 0.1) is 0 Å². The Bertz CT molecular complexity index is 999. The highest BCUT2D eigenvalue weighted by atomic mass is 35.5. The van der Waals surface area contributed by atoms with Gasteiger partial charge in [0.05, 0.1) is 28.1 Å². The minimum atomic E-state index is 0.310. The first-order valence-corrected chi connectivity index (χ1v) is 11.4. The number of hydrogen-bond donors (Lipinski definition) is 1. The lowest BCUT2D eigenvalue weighted by Gasteiger charge is -2.25. The van der Waals surface area contributed by atoms with Crippen LogP contribution in [0.3, 0.4) is 0 Å². The molecule has 0 spiro atoms. The lowest BCUT2D eigenvalue weighted by Crippen LogP contribution is -2.18. The first-order chi connectivity index (χ1) is 13.6. The van der Waals surface area contributed by atoms with E-state index in [-0.39, 0.29) is 0 Å². The molecule has 0 saturated heterocycles. The predicted molar refractivity (Wildman–Crippen MR) is 120 cm³/mol. The van der Waals surface area contributed by atoms with Crippen molar-refractivity contribution >= 4 is 40.4 Å². The number of rotatable bonds is 5. The van der Waals surface area contributed by atoms with Crippen LogP contribution in [0.1, 0.15) is 54.6 Å². The third-order valence-corrected chi connectivity index (χ3v) is 6.80. The van der Waals surface area contributed by atoms with E-state index < -0.39 is 0 Å². The van der Waals surface area contributed by atoms with Gasteiger partial charge >= 0.3 is 0 Å². The van der Waals surface area contributed by atoms with Gasteiger partial charge in [-0.2, -0.15) is 0 Å². The van der Waals surface area contributed by atoms with Gasteiger partial charge in [-0.3, -0.25) is 0 Å². The SMILES string of the molecule is CCc1nc(-c2ccc(Cl)cc2Cl)c(CC)nc1NC1CCCc2sccc21. The molecule has 0 amide bonds. The Morgan fingerprint density at radius 2 is 1.93 bits per heavy atom. The second-order valence-corrected chi connectivity index (χ2v) is 8.88. The van der Waals surface area contributed by atoms with Crippen LogP contribution in [0.15, 0.2) is 29.6 Å². The fourth-order valence-electron chi connectivity index (χ4n) is 3.81. The molecule has 1 aliphatic carbocycles. The fourth-order valence-corrected chi connectivity index (χ4v) is 5.30. The first-order valence-electron chi connectivity index (χ1n) is 9.78. The smallest absolute Gasteiger partial charge is 0.148 e. The Morgan fingerprint density at radius 1 is 1.11 bits per heavy atom. The van der Waals surface area contributed by atoms with Crippen molar-refractivity contribution in [3.8, 4) is 11.3 Å². The highest BCUT2D eigenvalue weighted by Crippen LogP contribution is 2.37. The van der Waals surface area contributed by atoms with Gasteiger partial charge in [0.1, 0.15) is 5.82 Å². The van der Waals surface area contributed by atoms with E-state index in [1.54, 1.807) is 6.07 Å². The number of nitrogens with zero attached hydrogens (tertiary/aromatic N) is 2. The van der Waals surface area contributed by atoms with E-state index in [1.807, 2.05) is 23.5 Å². The van der Waals surface area contributed by atoms with Crippen molar-refractivity contribution in [2.24, 2.45) is 0 Å². The van der Waals surface area contributed by atoms with Gasteiger partial charge in [-0.15, -0.1) is 11.3 Å². The van der Waals surface area contributed by atoms with Crippen LogP contribution >= 0.6 is 34.5 Å². The maximum atomic E-state index is 6.46. The minimum Gasteiger partial charge on any atom is -0.362 e. The largest absolute Gasteiger partial charge is 0.362 e. The molecule has 3 nitrogen and oxygen atoms in total. The first kappa shape index (κ1) is 19.7. The molecule has 4 rings (SSSR count). The molecule has 0 radical (unpaired) electrons. The maximum Gasteiger partial charge on any atom is 0.148 e. The molecule has 0 aliphatic heterocycles. The summed E-state index contributed by atoms with van der Waals surface area (Å²) < 4.78 is 0. The number of fused-ring (bicyclic) bond motifs is 1. The zero-order valence-corrected chi connectivity index (χ0v) is 18.4. The number of benzene rings is 1. The molecule has 3 aromatic rings. The van der Waals surface area contributed by atoms with Crippen LogP contribution in [-0.4, -0.2) is 9.97 Å². The zero-order valence-electron chi connectivity index (χ0n) is 16.1. The van der Waals surface area contributed by atoms with Gasteiger partial charge < -0.3 is 5.32 Å². The van der Waals surface area contributed by atoms with Crippen LogP contribution in [0.25, 0.3) is 11.3 Å². The molecule has 1 aromatic carbocycles. The summed E-state index contributed by atoms with van der Waals surface area (Å²) in [6.07, 6.45) is 5.11. The second-order valence-electron chi connectivity index (χ2n) is 7.03. The molecule has 6 heteroatoms. The highest BCUT2D eigenvalue weighted by Gasteiger charge is 2.23. The molecule has 0 bridgehead atoms. The van der Waals surface area contributed by atoms with Crippen molar-refractivity contribution in [3.63, 3.8) is 0 Å². The number of thiophene rings is 1. The van der Waals surface area contributed by atoms with E-state index in [9.17, 15) is 0 Å². The Kier molecular flexibility index (Phi) is 5.91. The molecule has 0 fully saturated rings. The Labute approximate surface area is 180 Å². The van der Waals surface area contributed by atoms with E-state index in [4.69, 9.17) is 33.2 Å². The number of halogens is 2. The van der Waals surface area contributed by atoms with Crippen LogP contribution in [-0.2, 0) is 19.3 Å². The van der Waals surface area contributed by atoms with Crippen molar-refractivity contribution in [2.45, 2.75) is 52.0 Å². The number of aryl methyl sites for hydroxylation is 3. The quantitative estimate of drug-likeness (QED) is 0.466. The average molecular weight is 432 g/mol. The molecule has 146 valence electrons. The van der Waals surface area contributed by atoms with E-state index >= 15 is 0 Å². The molecule has 28 heavy (non-hydrogen) atoms. The molecular weight excluding hydrogens is 409 g/mol. The van der Waals surface area contributed by atoms with Gasteiger partial charge in [-0.05, 0) is 67.3 Å². The molecule has 2 aromatic heterocycles. The van der Waals surface area contributed by atoms with Crippen LogP contribution in [0.4, 0.5) is 5.82 Å². The van der Waals surface area contributed by atoms with E-state index in [0.29, 0.717) is 16.1 Å². The number of anilines is 1. The van der Waals surface area contributed by atoms with Gasteiger partial charge in [-0.25, -0.2) is 9.97 Å². The van der Waals surface area contributed by atoms with Gasteiger partial charge in [0.2, 0.25) is 0 Å². The van der Waals surface area contributed by atoms with Gasteiger partial charge in [-0.1, -0.05) is 37.0 Å². The summed E-state index contributed by atoms with van der Waals surface area (Å²) in [6, 6.07) is 8.10. The number of aromatic nitrogens is 2. The number of nitrogens with one attached hydrogen (secondary N) is 1. The van der Waals surface area contributed by atoms with E-state index in [0.717, 1.165) is 47.7 Å². The van der Waals surface area contributed by atoms with Crippen molar-refractivity contribution in [1.29, 1.82) is 0 Å². The normalized spacial score (nSPS) is 16.1. The van der Waals surface area contributed by atoms with Crippen molar-refractivity contribution in [1.82, 2.24) is 9.97 Å². The summed E-state index contributed by atoms with van der Waals surface area (Å²) in [7, 11) is 0. The summed E-state index contributed by atoms with van der Waals surface area (Å²) in [6.45, 7) is 4.22. The van der Waals surface area contributed by atoms with Crippen molar-refractivity contribution in [2.75, 3.05) is 5.32 Å². The predicted octanol–water partition coefficient (Wildman–Crippen LogP) is 7.13. The summed E-state index contributed by atoms with van der Waals surface area (Å²) in [5.74, 6) is 0.900. The van der Waals surface area contributed by atoms with Crippen LogP contribution in [0.5, 0.6) is 0 Å². The topological polar surface area (TPSA) is 37.8 Å². The molecule has 0 saturated carbocycles. The fraction of sp³-hybridized carbons (Fsp3) is 0.364. The van der Waals surface area contributed by atoms with Crippen LogP contribution < -0.4 is 5.32 Å². The van der Waals surface area contributed by atoms with Crippen molar-refractivity contribution in [3.05, 3.63) is 61.5 Å². The van der Waals surface area contributed by atoms with Crippen LogP contribution in [0.2, 0.25) is 10.0 Å². The Hall–Kier alpha value is -1.62. The second kappa shape index (κ2) is 8.40. The third-order valence-electron chi connectivity index (χ3n) is 5.26. The zero-order chi connectivity index (χ0) is 19.7. The summed E-state index contributed by atoms with van der Waals surface area (Å²) in [5.41, 5.74) is 5.08. The number of hydrogen-bond acceptors (Lipinski definition) is 4. The lowest BCUT2D eigenvalue weighted by molar-refractivity contribution is 0.605. The van der Waals surface area contributed by atoms with Gasteiger partial charge in [0.15, 0.2) is 0 Å². The standard InChI is InChI=1S/C22H23Cl2N3S/c1-3-17-21(14-9-8-13(23)12-16(14)24)25-18(4-2)22(26-17)27-19-6-5-7-20-15(19)10-11-28-20/h8-12,19H,3-7H2,1-2H3,(H,26,27). The Morgan fingerprint density at radius 3 is 2.68 bits per heavy atom. The maximum absolute atomic E-state index is 6.46. The third kappa shape index (κ3) is 3.78. The van der Waals surface area contributed by atoms with E-state index in [2.05, 4.69) is 30.6 Å². The molecule has 1 atom stereocenters. The molecule has 2 heterocycles. The summed E-state index contributed by atoms with van der Waals surface area (Å²) >= 11 is 14.4. The molecular formula is C22H23Cl2N3S. The van der Waals surface area contributed by atoms with Gasteiger partial charge in [0, 0.05) is 15.5 Å². The Balaban J connectivity index is 1.74. The summed E-state index contributed by atoms with van der Waals surface area (Å²) in [5, 5.41) is 7.12. The lowest BCUT2D eigenvalue weighted by atomic mass is 9.94. The average Bonchev–Trinajstić information content (AvgIpc) is 3.18. The minimum absolute atomic E-state index is 0.310.